The highest BCUT2D eigenvalue weighted by atomic mass is 35.5. The normalized spacial score (nSPS) is 29.3. The van der Waals surface area contributed by atoms with Crippen LogP contribution in [-0.2, 0) is 20.5 Å². The lowest BCUT2D eigenvalue weighted by molar-refractivity contribution is -0.199. The molecule has 5 aliphatic rings. The Kier molecular flexibility index (Phi) is 9.62. The molecule has 0 spiro atoms. The first-order valence-electron chi connectivity index (χ1n) is 16.0. The zero-order chi connectivity index (χ0) is 29.5. The van der Waals surface area contributed by atoms with E-state index in [0.29, 0.717) is 36.9 Å². The van der Waals surface area contributed by atoms with Crippen molar-refractivity contribution in [2.75, 3.05) is 13.1 Å². The molecule has 3 N–H and O–H groups in total. The number of benzene rings is 2. The number of amides is 2. The summed E-state index contributed by atoms with van der Waals surface area (Å²) in [6.45, 7) is 8.11. The van der Waals surface area contributed by atoms with Crippen LogP contribution in [0.4, 0.5) is 0 Å². The number of hydrogen-bond donors (Lipinski definition) is 2. The van der Waals surface area contributed by atoms with Gasteiger partial charge in [0.25, 0.3) is 5.91 Å². The van der Waals surface area contributed by atoms with Gasteiger partial charge in [-0.15, -0.1) is 12.4 Å². The van der Waals surface area contributed by atoms with E-state index in [1.165, 1.54) is 12.0 Å². The topological polar surface area (TPSA) is 93.9 Å². The molecule has 43 heavy (non-hydrogen) atoms. The summed E-state index contributed by atoms with van der Waals surface area (Å²) in [5, 5.41) is 3.28. The molecule has 7 rings (SSSR count). The zero-order valence-corrected chi connectivity index (χ0v) is 26.6. The maximum atomic E-state index is 13.8. The Balaban J connectivity index is 0.00000368. The van der Waals surface area contributed by atoms with Crippen molar-refractivity contribution in [1.82, 2.24) is 10.2 Å². The van der Waals surface area contributed by atoms with Crippen molar-refractivity contribution in [2.45, 2.75) is 95.8 Å². The predicted molar refractivity (Wildman–Crippen MR) is 172 cm³/mol. The van der Waals surface area contributed by atoms with E-state index in [1.807, 2.05) is 42.5 Å². The van der Waals surface area contributed by atoms with Crippen molar-refractivity contribution in [1.29, 1.82) is 0 Å². The van der Waals surface area contributed by atoms with Gasteiger partial charge in [-0.1, -0.05) is 62.7 Å². The van der Waals surface area contributed by atoms with Crippen LogP contribution in [0.2, 0.25) is 0 Å². The molecule has 6 atom stereocenters. The molecular formula is C34H47BClN3O4. The molecular weight excluding hydrogens is 561 g/mol. The third-order valence-electron chi connectivity index (χ3n) is 10.9. The van der Waals surface area contributed by atoms with Crippen molar-refractivity contribution < 1.29 is 18.9 Å². The molecule has 3 saturated carbocycles. The Bertz CT molecular complexity index is 1280. The van der Waals surface area contributed by atoms with E-state index < -0.39 is 13.2 Å². The van der Waals surface area contributed by atoms with E-state index in [4.69, 9.17) is 15.0 Å². The largest absolute Gasteiger partial charge is 0.481 e. The fourth-order valence-corrected chi connectivity index (χ4v) is 8.18. The van der Waals surface area contributed by atoms with Crippen LogP contribution in [0.25, 0.3) is 0 Å². The van der Waals surface area contributed by atoms with Gasteiger partial charge < -0.3 is 25.3 Å². The molecule has 2 saturated heterocycles. The summed E-state index contributed by atoms with van der Waals surface area (Å²) in [7, 11) is -0.486. The smallest absolute Gasteiger partial charge is 0.404 e. The molecule has 2 aliphatic heterocycles. The van der Waals surface area contributed by atoms with Gasteiger partial charge in [0, 0.05) is 12.1 Å². The summed E-state index contributed by atoms with van der Waals surface area (Å²) in [6, 6.07) is 17.6. The summed E-state index contributed by atoms with van der Waals surface area (Å²) in [5.41, 5.74) is 8.73. The fourth-order valence-electron chi connectivity index (χ4n) is 8.18. The highest BCUT2D eigenvalue weighted by molar-refractivity contribution is 6.47. The lowest BCUT2D eigenvalue weighted by atomic mass is 9.43. The Morgan fingerprint density at radius 1 is 1.05 bits per heavy atom. The van der Waals surface area contributed by atoms with Gasteiger partial charge in [-0.2, -0.15) is 0 Å². The van der Waals surface area contributed by atoms with Crippen molar-refractivity contribution in [2.24, 2.45) is 23.0 Å². The van der Waals surface area contributed by atoms with Crippen LogP contribution in [0, 0.1) is 17.3 Å². The number of nitrogens with one attached hydrogen (secondary N) is 1. The standard InChI is InChI=1S/C34H46BN3O4.ClH/c1-33(2)26-21-28(33)34(3)29(22-26)41-35(42-34)30(13-7-8-18-36)37-31(39)27-12-9-19-38(27)32(40)25-16-14-24(15-17-25)20-23-10-5-4-6-11-23;/h4-6,10-11,14-17,26-30H,7-9,12-13,18-22,36H2,1-3H3,(H,37,39);1H/t26-,27-,28-,29+,30-,34-;/m0./s1. The van der Waals surface area contributed by atoms with E-state index in [-0.39, 0.29) is 47.3 Å². The van der Waals surface area contributed by atoms with Crippen LogP contribution >= 0.6 is 12.4 Å². The molecule has 0 radical (unpaired) electrons. The molecule has 2 heterocycles. The Morgan fingerprint density at radius 3 is 2.47 bits per heavy atom. The van der Waals surface area contributed by atoms with Gasteiger partial charge >= 0.3 is 7.12 Å². The number of carbonyl (C=O) groups is 2. The predicted octanol–water partition coefficient (Wildman–Crippen LogP) is 5.19. The Hall–Kier alpha value is -2.39. The lowest BCUT2D eigenvalue weighted by Gasteiger charge is -2.64. The first kappa shape index (κ1) is 32.0. The van der Waals surface area contributed by atoms with Crippen molar-refractivity contribution in [3.05, 3.63) is 71.3 Å². The molecule has 3 aliphatic carbocycles. The minimum atomic E-state index is -0.496. The first-order valence-corrected chi connectivity index (χ1v) is 16.0. The quantitative estimate of drug-likeness (QED) is 0.287. The van der Waals surface area contributed by atoms with Crippen LogP contribution < -0.4 is 11.1 Å². The zero-order valence-electron chi connectivity index (χ0n) is 25.8. The highest BCUT2D eigenvalue weighted by Gasteiger charge is 2.68. The molecule has 7 nitrogen and oxygen atoms in total. The average Bonchev–Trinajstić information content (AvgIpc) is 3.62. The summed E-state index contributed by atoms with van der Waals surface area (Å²) in [6.07, 6.45) is 7.03. The lowest BCUT2D eigenvalue weighted by Crippen LogP contribution is -2.65. The molecule has 5 fully saturated rings. The second kappa shape index (κ2) is 12.9. The van der Waals surface area contributed by atoms with Crippen LogP contribution in [0.5, 0.6) is 0 Å². The minimum Gasteiger partial charge on any atom is -0.404 e. The van der Waals surface area contributed by atoms with Crippen LogP contribution in [0.3, 0.4) is 0 Å². The highest BCUT2D eigenvalue weighted by Crippen LogP contribution is 2.65. The van der Waals surface area contributed by atoms with Crippen LogP contribution in [0.15, 0.2) is 54.6 Å². The number of carbonyl (C=O) groups excluding carboxylic acids is 2. The van der Waals surface area contributed by atoms with E-state index in [1.54, 1.807) is 4.90 Å². The van der Waals surface area contributed by atoms with Crippen molar-refractivity contribution in [3.63, 3.8) is 0 Å². The van der Waals surface area contributed by atoms with E-state index in [2.05, 4.69) is 38.2 Å². The molecule has 232 valence electrons. The van der Waals surface area contributed by atoms with Gasteiger partial charge in [0.2, 0.25) is 5.91 Å². The third-order valence-corrected chi connectivity index (χ3v) is 10.9. The van der Waals surface area contributed by atoms with E-state index in [9.17, 15) is 9.59 Å². The maximum Gasteiger partial charge on any atom is 0.481 e. The number of rotatable bonds is 10. The molecule has 2 aromatic rings. The minimum absolute atomic E-state index is 0. The summed E-state index contributed by atoms with van der Waals surface area (Å²) < 4.78 is 13.3. The van der Waals surface area contributed by atoms with Gasteiger partial charge in [-0.3, -0.25) is 9.59 Å². The summed E-state index contributed by atoms with van der Waals surface area (Å²) >= 11 is 0. The van der Waals surface area contributed by atoms with Crippen LogP contribution in [-0.4, -0.2) is 60.6 Å². The number of unbranched alkanes of at least 4 members (excludes halogenated alkanes) is 1. The average molecular weight is 608 g/mol. The number of likely N-dealkylation sites (tertiary alicyclic amines) is 1. The number of nitrogens with two attached hydrogens (primary N) is 1. The third kappa shape index (κ3) is 6.13. The van der Waals surface area contributed by atoms with Gasteiger partial charge in [-0.05, 0) is 98.9 Å². The molecule has 0 aromatic heterocycles. The Labute approximate surface area is 263 Å². The van der Waals surface area contributed by atoms with Crippen molar-refractivity contribution >= 4 is 31.3 Å². The number of nitrogens with zero attached hydrogens (tertiary/aromatic N) is 1. The molecule has 2 aromatic carbocycles. The number of halogens is 1. The number of hydrogen-bond acceptors (Lipinski definition) is 5. The second-order valence-corrected chi connectivity index (χ2v) is 13.8. The van der Waals surface area contributed by atoms with Gasteiger partial charge in [0.05, 0.1) is 17.6 Å². The van der Waals surface area contributed by atoms with Crippen LogP contribution in [0.1, 0.15) is 87.2 Å². The second-order valence-electron chi connectivity index (χ2n) is 13.8. The molecule has 0 unspecified atom stereocenters. The van der Waals surface area contributed by atoms with Gasteiger partial charge in [-0.25, -0.2) is 0 Å². The Morgan fingerprint density at radius 2 is 1.77 bits per heavy atom. The van der Waals surface area contributed by atoms with E-state index in [0.717, 1.165) is 44.1 Å². The van der Waals surface area contributed by atoms with Gasteiger partial charge in [0.1, 0.15) is 6.04 Å². The SMILES string of the molecule is CC1(C)[C@@H]2C[C@H]3OB([C@H](CCCCN)NC(=O)[C@@H]4CCCN4C(=O)c4ccc(Cc5ccccc5)cc4)O[C@@]3(C)[C@H]1C2.Cl. The molecule has 9 heteroatoms. The van der Waals surface area contributed by atoms with Gasteiger partial charge in [0.15, 0.2) is 0 Å². The summed E-state index contributed by atoms with van der Waals surface area (Å²) in [4.78, 5) is 29.1. The summed E-state index contributed by atoms with van der Waals surface area (Å²) in [5.74, 6) is 0.644. The molecule has 2 amide bonds. The monoisotopic (exact) mass is 607 g/mol. The fraction of sp³-hybridized carbons (Fsp3) is 0.588. The van der Waals surface area contributed by atoms with Crippen molar-refractivity contribution in [3.8, 4) is 0 Å². The first-order chi connectivity index (χ1) is 20.2. The molecule has 2 bridgehead atoms. The maximum absolute atomic E-state index is 13.8. The van der Waals surface area contributed by atoms with E-state index >= 15 is 0 Å².